The summed E-state index contributed by atoms with van der Waals surface area (Å²) < 4.78 is 0. The highest BCUT2D eigenvalue weighted by atomic mass is 16.3. The number of hydrogen-bond acceptors (Lipinski definition) is 2. The third kappa shape index (κ3) is 3.35. The number of carbonyl (C=O) groups excluding carboxylic acids is 1. The molecule has 3 nitrogen and oxygen atoms in total. The molecule has 76 valence electrons. The molecule has 0 aromatic heterocycles. The number of carbonyl (C=O) groups is 1. The van der Waals surface area contributed by atoms with Crippen LogP contribution in [0.4, 0.5) is 0 Å². The second kappa shape index (κ2) is 5.22. The molecule has 0 saturated heterocycles. The van der Waals surface area contributed by atoms with E-state index >= 15 is 0 Å². The summed E-state index contributed by atoms with van der Waals surface area (Å²) in [5.41, 5.74) is 0. The number of nitrogens with one attached hydrogen (secondary N) is 1. The number of aliphatic hydroxyl groups excluding tert-OH is 1. The van der Waals surface area contributed by atoms with Crippen molar-refractivity contribution in [3.05, 3.63) is 0 Å². The van der Waals surface area contributed by atoms with E-state index in [2.05, 4.69) is 5.32 Å². The largest absolute Gasteiger partial charge is 0.391 e. The van der Waals surface area contributed by atoms with Gasteiger partial charge in [0.1, 0.15) is 0 Å². The Balaban J connectivity index is 2.29. The van der Waals surface area contributed by atoms with Crippen LogP contribution < -0.4 is 5.32 Å². The molecular weight excluding hydrogens is 166 g/mol. The number of aliphatic hydroxyl groups is 1. The lowest BCUT2D eigenvalue weighted by molar-refractivity contribution is -0.123. The molecule has 13 heavy (non-hydrogen) atoms. The molecule has 0 heterocycles. The summed E-state index contributed by atoms with van der Waals surface area (Å²) in [7, 11) is 0. The van der Waals surface area contributed by atoms with Crippen molar-refractivity contribution >= 4 is 5.91 Å². The molecule has 1 aliphatic rings. The molecule has 2 atom stereocenters. The Kier molecular flexibility index (Phi) is 4.22. The second-order valence-corrected chi connectivity index (χ2v) is 3.78. The Morgan fingerprint density at radius 1 is 1.46 bits per heavy atom. The summed E-state index contributed by atoms with van der Waals surface area (Å²) in [4.78, 5) is 11.2. The van der Waals surface area contributed by atoms with E-state index in [0.29, 0.717) is 6.42 Å². The Morgan fingerprint density at radius 3 is 2.77 bits per heavy atom. The minimum atomic E-state index is -0.324. The average molecular weight is 185 g/mol. The van der Waals surface area contributed by atoms with E-state index in [4.69, 9.17) is 0 Å². The number of amides is 1. The highest BCUT2D eigenvalue weighted by Crippen LogP contribution is 2.18. The summed E-state index contributed by atoms with van der Waals surface area (Å²) in [6.07, 6.45) is 5.08. The van der Waals surface area contributed by atoms with Crippen molar-refractivity contribution in [2.24, 2.45) is 0 Å². The van der Waals surface area contributed by atoms with Gasteiger partial charge in [0.25, 0.3) is 0 Å². The number of hydrogen-bond donors (Lipinski definition) is 2. The van der Waals surface area contributed by atoms with Crippen LogP contribution in [0.3, 0.4) is 0 Å². The zero-order chi connectivity index (χ0) is 9.68. The van der Waals surface area contributed by atoms with Crippen molar-refractivity contribution < 1.29 is 9.90 Å². The van der Waals surface area contributed by atoms with E-state index in [1.807, 2.05) is 6.92 Å². The van der Waals surface area contributed by atoms with E-state index < -0.39 is 0 Å². The summed E-state index contributed by atoms with van der Waals surface area (Å²) in [5, 5.41) is 12.5. The van der Waals surface area contributed by atoms with Crippen LogP contribution in [0.5, 0.6) is 0 Å². The van der Waals surface area contributed by atoms with Gasteiger partial charge in [-0.2, -0.15) is 0 Å². The summed E-state index contributed by atoms with van der Waals surface area (Å²) in [5.74, 6) is 0.0773. The fraction of sp³-hybridized carbons (Fsp3) is 0.900. The molecule has 0 aromatic carbocycles. The first-order valence-electron chi connectivity index (χ1n) is 5.21. The van der Waals surface area contributed by atoms with Crippen molar-refractivity contribution in [1.29, 1.82) is 0 Å². The van der Waals surface area contributed by atoms with Gasteiger partial charge in [-0.15, -0.1) is 0 Å². The lowest BCUT2D eigenvalue weighted by Gasteiger charge is -2.28. The molecule has 1 rings (SSSR count). The van der Waals surface area contributed by atoms with Crippen LogP contribution >= 0.6 is 0 Å². The zero-order valence-electron chi connectivity index (χ0n) is 8.25. The molecule has 0 aromatic rings. The fourth-order valence-corrected chi connectivity index (χ4v) is 1.79. The molecule has 0 aliphatic heterocycles. The Labute approximate surface area is 79.5 Å². The maximum Gasteiger partial charge on any atom is 0.220 e. The molecule has 0 spiro atoms. The van der Waals surface area contributed by atoms with Gasteiger partial charge in [-0.05, 0) is 19.3 Å². The van der Waals surface area contributed by atoms with Crippen LogP contribution in [0, 0.1) is 0 Å². The lowest BCUT2D eigenvalue weighted by atomic mass is 9.92. The number of rotatable bonds is 3. The van der Waals surface area contributed by atoms with Crippen molar-refractivity contribution in [1.82, 2.24) is 5.32 Å². The fourth-order valence-electron chi connectivity index (χ4n) is 1.79. The molecule has 2 N–H and O–H groups in total. The van der Waals surface area contributed by atoms with Gasteiger partial charge < -0.3 is 10.4 Å². The second-order valence-electron chi connectivity index (χ2n) is 3.78. The third-order valence-electron chi connectivity index (χ3n) is 2.55. The molecule has 1 aliphatic carbocycles. The molecule has 0 bridgehead atoms. The van der Waals surface area contributed by atoms with E-state index in [-0.39, 0.29) is 18.1 Å². The van der Waals surface area contributed by atoms with E-state index in [0.717, 1.165) is 32.1 Å². The Bertz CT molecular complexity index is 170. The summed E-state index contributed by atoms with van der Waals surface area (Å²) in [6, 6.07) is 0.00722. The van der Waals surface area contributed by atoms with Crippen LogP contribution in [0.1, 0.15) is 45.4 Å². The smallest absolute Gasteiger partial charge is 0.220 e. The van der Waals surface area contributed by atoms with Crippen LogP contribution in [0.2, 0.25) is 0 Å². The van der Waals surface area contributed by atoms with E-state index in [9.17, 15) is 9.90 Å². The van der Waals surface area contributed by atoms with Gasteiger partial charge in [-0.1, -0.05) is 19.8 Å². The Morgan fingerprint density at radius 2 is 2.15 bits per heavy atom. The Hall–Kier alpha value is -0.570. The van der Waals surface area contributed by atoms with Gasteiger partial charge in [0.05, 0.1) is 12.1 Å². The first-order valence-corrected chi connectivity index (χ1v) is 5.21. The summed E-state index contributed by atoms with van der Waals surface area (Å²) in [6.45, 7) is 1.98. The topological polar surface area (TPSA) is 49.3 Å². The molecule has 3 heteroatoms. The van der Waals surface area contributed by atoms with Gasteiger partial charge in [0.15, 0.2) is 0 Å². The molecular formula is C10H19NO2. The maximum absolute atomic E-state index is 11.2. The zero-order valence-corrected chi connectivity index (χ0v) is 8.25. The lowest BCUT2D eigenvalue weighted by Crippen LogP contribution is -2.44. The highest BCUT2D eigenvalue weighted by Gasteiger charge is 2.23. The maximum atomic E-state index is 11.2. The monoisotopic (exact) mass is 185 g/mol. The van der Waals surface area contributed by atoms with Crippen molar-refractivity contribution in [3.8, 4) is 0 Å². The molecule has 1 amide bonds. The first-order chi connectivity index (χ1) is 6.24. The molecule has 1 saturated carbocycles. The SMILES string of the molecule is CCCC(=O)N[C@@H]1CCCC[C@H]1O. The molecule has 0 unspecified atom stereocenters. The van der Waals surface area contributed by atoms with Crippen LogP contribution in [-0.2, 0) is 4.79 Å². The van der Waals surface area contributed by atoms with E-state index in [1.54, 1.807) is 0 Å². The van der Waals surface area contributed by atoms with Crippen LogP contribution in [0.25, 0.3) is 0 Å². The van der Waals surface area contributed by atoms with Crippen LogP contribution in [0.15, 0.2) is 0 Å². The third-order valence-corrected chi connectivity index (χ3v) is 2.55. The highest BCUT2D eigenvalue weighted by molar-refractivity contribution is 5.76. The quantitative estimate of drug-likeness (QED) is 0.694. The normalized spacial score (nSPS) is 28.5. The summed E-state index contributed by atoms with van der Waals surface area (Å²) >= 11 is 0. The van der Waals surface area contributed by atoms with Gasteiger partial charge in [-0.3, -0.25) is 4.79 Å². The predicted octanol–water partition coefficient (Wildman–Crippen LogP) is 1.21. The van der Waals surface area contributed by atoms with Gasteiger partial charge in [0.2, 0.25) is 5.91 Å². The minimum absolute atomic E-state index is 0.00722. The average Bonchev–Trinajstić information content (AvgIpc) is 2.09. The van der Waals surface area contributed by atoms with Crippen molar-refractivity contribution in [3.63, 3.8) is 0 Å². The predicted molar refractivity (Wildman–Crippen MR) is 51.3 cm³/mol. The first kappa shape index (κ1) is 10.5. The van der Waals surface area contributed by atoms with Gasteiger partial charge in [0, 0.05) is 6.42 Å². The molecule has 0 radical (unpaired) electrons. The minimum Gasteiger partial charge on any atom is -0.391 e. The van der Waals surface area contributed by atoms with Gasteiger partial charge in [-0.25, -0.2) is 0 Å². The van der Waals surface area contributed by atoms with E-state index in [1.165, 1.54) is 0 Å². The standard InChI is InChI=1S/C10H19NO2/c1-2-5-10(13)11-8-6-3-4-7-9(8)12/h8-9,12H,2-7H2,1H3,(H,11,13)/t8-,9-/m1/s1. The van der Waals surface area contributed by atoms with Crippen molar-refractivity contribution in [2.75, 3.05) is 0 Å². The van der Waals surface area contributed by atoms with Gasteiger partial charge >= 0.3 is 0 Å². The molecule has 1 fully saturated rings. The van der Waals surface area contributed by atoms with Crippen molar-refractivity contribution in [2.45, 2.75) is 57.6 Å². The van der Waals surface area contributed by atoms with Crippen LogP contribution in [-0.4, -0.2) is 23.2 Å².